The van der Waals surface area contributed by atoms with Gasteiger partial charge in [0.15, 0.2) is 0 Å². The van der Waals surface area contributed by atoms with Crippen molar-refractivity contribution < 1.29 is 9.66 Å². The number of nitro groups is 1. The molecule has 86 valence electrons. The highest BCUT2D eigenvalue weighted by molar-refractivity contribution is 9.10. The number of rotatable bonds is 3. The molecule has 1 aromatic heterocycles. The highest BCUT2D eigenvalue weighted by Gasteiger charge is 2.05. The predicted octanol–water partition coefficient (Wildman–Crippen LogP) is 3.54. The third-order valence-corrected chi connectivity index (χ3v) is 2.44. The van der Waals surface area contributed by atoms with Gasteiger partial charge in [0.25, 0.3) is 5.69 Å². The molecule has 6 heteroatoms. The maximum atomic E-state index is 10.5. The Morgan fingerprint density at radius 1 is 1.18 bits per heavy atom. The van der Waals surface area contributed by atoms with Crippen molar-refractivity contribution in [2.45, 2.75) is 0 Å². The van der Waals surface area contributed by atoms with Crippen molar-refractivity contribution in [2.75, 3.05) is 0 Å². The smallest absolute Gasteiger partial charge is 0.269 e. The Morgan fingerprint density at radius 3 is 2.41 bits per heavy atom. The van der Waals surface area contributed by atoms with Gasteiger partial charge in [-0.15, -0.1) is 0 Å². The van der Waals surface area contributed by atoms with Crippen LogP contribution in [0.25, 0.3) is 0 Å². The summed E-state index contributed by atoms with van der Waals surface area (Å²) in [6.45, 7) is 0. The quantitative estimate of drug-likeness (QED) is 0.641. The lowest BCUT2D eigenvalue weighted by atomic mass is 10.3. The van der Waals surface area contributed by atoms with Crippen LogP contribution < -0.4 is 4.74 Å². The Balaban J connectivity index is 2.13. The molecular formula is C11H7BrN2O3. The number of pyridine rings is 1. The summed E-state index contributed by atoms with van der Waals surface area (Å²) in [7, 11) is 0. The molecule has 0 radical (unpaired) electrons. The molecule has 1 heterocycles. The van der Waals surface area contributed by atoms with Gasteiger partial charge in [0, 0.05) is 28.9 Å². The van der Waals surface area contributed by atoms with Crippen molar-refractivity contribution in [3.8, 4) is 11.6 Å². The first-order chi connectivity index (χ1) is 8.15. The zero-order valence-corrected chi connectivity index (χ0v) is 10.1. The van der Waals surface area contributed by atoms with E-state index in [4.69, 9.17) is 4.74 Å². The maximum Gasteiger partial charge on any atom is 0.269 e. The summed E-state index contributed by atoms with van der Waals surface area (Å²) in [4.78, 5) is 14.0. The van der Waals surface area contributed by atoms with Crippen LogP contribution in [0.3, 0.4) is 0 Å². The summed E-state index contributed by atoms with van der Waals surface area (Å²) in [5.41, 5.74) is 0.0288. The van der Waals surface area contributed by atoms with Gasteiger partial charge >= 0.3 is 0 Å². The minimum Gasteiger partial charge on any atom is -0.439 e. The third kappa shape index (κ3) is 3.01. The third-order valence-electron chi connectivity index (χ3n) is 1.97. The van der Waals surface area contributed by atoms with Crippen LogP contribution in [0.4, 0.5) is 5.69 Å². The van der Waals surface area contributed by atoms with Crippen LogP contribution in [0.2, 0.25) is 0 Å². The number of nitro benzene ring substituents is 1. The standard InChI is InChI=1S/C11H7BrN2O3/c12-8-1-6-11(13-7-8)17-10-4-2-9(3-5-10)14(15)16/h1-7H. The van der Waals surface area contributed by atoms with Gasteiger partial charge in [-0.05, 0) is 34.1 Å². The summed E-state index contributed by atoms with van der Waals surface area (Å²) in [6, 6.07) is 9.32. The molecule has 0 unspecified atom stereocenters. The molecule has 0 bridgehead atoms. The summed E-state index contributed by atoms with van der Waals surface area (Å²) < 4.78 is 6.27. The summed E-state index contributed by atoms with van der Waals surface area (Å²) >= 11 is 3.26. The van der Waals surface area contributed by atoms with Gasteiger partial charge in [-0.2, -0.15) is 0 Å². The van der Waals surface area contributed by atoms with E-state index >= 15 is 0 Å². The maximum absolute atomic E-state index is 10.5. The van der Waals surface area contributed by atoms with Gasteiger partial charge in [-0.1, -0.05) is 0 Å². The average molecular weight is 295 g/mol. The molecule has 0 aliphatic heterocycles. The first-order valence-corrected chi connectivity index (χ1v) is 5.48. The molecule has 0 aliphatic rings. The van der Waals surface area contributed by atoms with Gasteiger partial charge in [0.1, 0.15) is 5.75 Å². The molecule has 1 aromatic carbocycles. The van der Waals surface area contributed by atoms with Crippen molar-refractivity contribution in [3.63, 3.8) is 0 Å². The zero-order chi connectivity index (χ0) is 12.3. The lowest BCUT2D eigenvalue weighted by Crippen LogP contribution is -1.89. The van der Waals surface area contributed by atoms with Crippen LogP contribution in [0.5, 0.6) is 11.6 Å². The molecule has 0 saturated carbocycles. The van der Waals surface area contributed by atoms with E-state index < -0.39 is 4.92 Å². The molecule has 0 amide bonds. The Kier molecular flexibility index (Phi) is 3.34. The second-order valence-corrected chi connectivity index (χ2v) is 4.08. The van der Waals surface area contributed by atoms with E-state index in [1.54, 1.807) is 18.3 Å². The zero-order valence-electron chi connectivity index (χ0n) is 8.54. The van der Waals surface area contributed by atoms with Crippen molar-refractivity contribution in [1.82, 2.24) is 4.98 Å². The van der Waals surface area contributed by atoms with Crippen LogP contribution >= 0.6 is 15.9 Å². The lowest BCUT2D eigenvalue weighted by Gasteiger charge is -2.03. The molecule has 0 aliphatic carbocycles. The van der Waals surface area contributed by atoms with E-state index in [9.17, 15) is 10.1 Å². The van der Waals surface area contributed by atoms with Crippen LogP contribution in [-0.2, 0) is 0 Å². The molecule has 2 rings (SSSR count). The first-order valence-electron chi connectivity index (χ1n) is 4.69. The summed E-state index contributed by atoms with van der Waals surface area (Å²) in [5, 5.41) is 10.5. The lowest BCUT2D eigenvalue weighted by molar-refractivity contribution is -0.384. The fourth-order valence-electron chi connectivity index (χ4n) is 1.18. The Bertz CT molecular complexity index is 525. The first kappa shape index (κ1) is 11.5. The second-order valence-electron chi connectivity index (χ2n) is 3.17. The largest absolute Gasteiger partial charge is 0.439 e. The average Bonchev–Trinajstić information content (AvgIpc) is 2.33. The van der Waals surface area contributed by atoms with E-state index in [1.807, 2.05) is 0 Å². The van der Waals surface area contributed by atoms with E-state index in [0.29, 0.717) is 11.6 Å². The second kappa shape index (κ2) is 4.92. The summed E-state index contributed by atoms with van der Waals surface area (Å²) in [6.07, 6.45) is 1.61. The van der Waals surface area contributed by atoms with Crippen molar-refractivity contribution >= 4 is 21.6 Å². The Hall–Kier alpha value is -1.95. The topological polar surface area (TPSA) is 65.3 Å². The molecule has 0 atom stereocenters. The number of hydrogen-bond acceptors (Lipinski definition) is 4. The highest BCUT2D eigenvalue weighted by Crippen LogP contribution is 2.22. The fraction of sp³-hybridized carbons (Fsp3) is 0. The molecule has 0 saturated heterocycles. The van der Waals surface area contributed by atoms with E-state index in [0.717, 1.165) is 4.47 Å². The van der Waals surface area contributed by atoms with E-state index in [-0.39, 0.29) is 5.69 Å². The van der Waals surface area contributed by atoms with Gasteiger partial charge in [0.2, 0.25) is 5.88 Å². The van der Waals surface area contributed by atoms with Gasteiger partial charge in [0.05, 0.1) is 4.92 Å². The SMILES string of the molecule is O=[N+]([O-])c1ccc(Oc2ccc(Br)cn2)cc1. The fourth-order valence-corrected chi connectivity index (χ4v) is 1.41. The molecule has 0 spiro atoms. The number of nitrogens with zero attached hydrogens (tertiary/aromatic N) is 2. The van der Waals surface area contributed by atoms with E-state index in [2.05, 4.69) is 20.9 Å². The molecule has 0 fully saturated rings. The van der Waals surface area contributed by atoms with Gasteiger partial charge < -0.3 is 4.74 Å². The summed E-state index contributed by atoms with van der Waals surface area (Å²) in [5.74, 6) is 0.937. The van der Waals surface area contributed by atoms with E-state index in [1.165, 1.54) is 24.3 Å². The van der Waals surface area contributed by atoms with Crippen LogP contribution in [0.1, 0.15) is 0 Å². The Labute approximate surface area is 105 Å². The van der Waals surface area contributed by atoms with Crippen molar-refractivity contribution in [2.24, 2.45) is 0 Å². The van der Waals surface area contributed by atoms with Crippen LogP contribution in [0.15, 0.2) is 47.1 Å². The van der Waals surface area contributed by atoms with Crippen molar-refractivity contribution in [1.29, 1.82) is 0 Å². The normalized spacial score (nSPS) is 9.94. The molecule has 5 nitrogen and oxygen atoms in total. The predicted molar refractivity (Wildman–Crippen MR) is 65.1 cm³/mol. The molecule has 17 heavy (non-hydrogen) atoms. The van der Waals surface area contributed by atoms with Gasteiger partial charge in [-0.25, -0.2) is 4.98 Å². The monoisotopic (exact) mass is 294 g/mol. The van der Waals surface area contributed by atoms with Gasteiger partial charge in [-0.3, -0.25) is 10.1 Å². The van der Waals surface area contributed by atoms with Crippen LogP contribution in [0, 0.1) is 10.1 Å². The number of ether oxygens (including phenoxy) is 1. The molecule has 0 N–H and O–H groups in total. The number of halogens is 1. The number of non-ortho nitro benzene ring substituents is 1. The Morgan fingerprint density at radius 2 is 1.88 bits per heavy atom. The van der Waals surface area contributed by atoms with Crippen molar-refractivity contribution in [3.05, 3.63) is 57.2 Å². The number of hydrogen-bond donors (Lipinski definition) is 0. The highest BCUT2D eigenvalue weighted by atomic mass is 79.9. The van der Waals surface area contributed by atoms with Crippen LogP contribution in [-0.4, -0.2) is 9.91 Å². The number of benzene rings is 1. The minimum absolute atomic E-state index is 0.0288. The minimum atomic E-state index is -0.457. The number of aromatic nitrogens is 1. The molecule has 2 aromatic rings. The molecular weight excluding hydrogens is 288 g/mol.